The maximum atomic E-state index is 14.7. The highest BCUT2D eigenvalue weighted by atomic mass is 19.3. The molecule has 4 rings (SSSR count). The fourth-order valence-electron chi connectivity index (χ4n) is 4.26. The van der Waals surface area contributed by atoms with Gasteiger partial charge in [-0.2, -0.15) is 0 Å². The lowest BCUT2D eigenvalue weighted by Crippen LogP contribution is -2.37. The summed E-state index contributed by atoms with van der Waals surface area (Å²) in [5.41, 5.74) is 2.24. The zero-order valence-electron chi connectivity index (χ0n) is 17.1. The molecule has 0 saturated heterocycles. The van der Waals surface area contributed by atoms with Gasteiger partial charge >= 0.3 is 0 Å². The van der Waals surface area contributed by atoms with Crippen LogP contribution in [0.4, 0.5) is 18.9 Å². The van der Waals surface area contributed by atoms with Crippen LogP contribution >= 0.6 is 0 Å². The van der Waals surface area contributed by atoms with Crippen LogP contribution in [0.3, 0.4) is 0 Å². The summed E-state index contributed by atoms with van der Waals surface area (Å²) in [6, 6.07) is 4.66. The van der Waals surface area contributed by atoms with Gasteiger partial charge in [0.05, 0.1) is 11.4 Å². The van der Waals surface area contributed by atoms with Gasteiger partial charge in [0.2, 0.25) is 5.92 Å². The highest BCUT2D eigenvalue weighted by molar-refractivity contribution is 5.82. The quantitative estimate of drug-likeness (QED) is 0.620. The molecule has 0 radical (unpaired) electrons. The smallest absolute Gasteiger partial charge is 0.248 e. The maximum absolute atomic E-state index is 14.7. The highest BCUT2D eigenvalue weighted by Gasteiger charge is 2.38. The van der Waals surface area contributed by atoms with E-state index in [0.717, 1.165) is 0 Å². The molecular formula is C23H25F3N4. The Hall–Kier alpha value is -2.70. The lowest BCUT2D eigenvalue weighted by atomic mass is 9.83. The number of alkyl halides is 2. The Morgan fingerprint density at radius 2 is 1.87 bits per heavy atom. The summed E-state index contributed by atoms with van der Waals surface area (Å²) in [5.74, 6) is -3.01. The van der Waals surface area contributed by atoms with Gasteiger partial charge in [-0.1, -0.05) is 13.8 Å². The number of aromatic nitrogens is 2. The minimum Gasteiger partial charge on any atom is -0.323 e. The van der Waals surface area contributed by atoms with Gasteiger partial charge in [0.1, 0.15) is 17.7 Å². The number of pyridine rings is 2. The average molecular weight is 414 g/mol. The Labute approximate surface area is 174 Å². The Morgan fingerprint density at radius 1 is 1.10 bits per heavy atom. The van der Waals surface area contributed by atoms with E-state index in [1.54, 1.807) is 30.7 Å². The van der Waals surface area contributed by atoms with Crippen molar-refractivity contribution in [1.82, 2.24) is 9.97 Å². The van der Waals surface area contributed by atoms with Gasteiger partial charge in [0.25, 0.3) is 0 Å². The number of allylic oxidation sites excluding steroid dienone is 1. The van der Waals surface area contributed by atoms with E-state index in [0.29, 0.717) is 29.8 Å². The molecule has 2 aliphatic rings. The van der Waals surface area contributed by atoms with Crippen molar-refractivity contribution >= 4 is 11.9 Å². The van der Waals surface area contributed by atoms with Crippen LogP contribution in [-0.2, 0) is 0 Å². The van der Waals surface area contributed by atoms with Crippen molar-refractivity contribution in [3.05, 3.63) is 54.4 Å². The van der Waals surface area contributed by atoms with Crippen molar-refractivity contribution in [3.8, 4) is 11.3 Å². The van der Waals surface area contributed by atoms with Gasteiger partial charge in [0.15, 0.2) is 0 Å². The summed E-state index contributed by atoms with van der Waals surface area (Å²) in [5, 5.41) is 0. The molecule has 7 heteroatoms. The molecule has 30 heavy (non-hydrogen) atoms. The van der Waals surface area contributed by atoms with E-state index < -0.39 is 11.7 Å². The van der Waals surface area contributed by atoms with Crippen LogP contribution in [0.15, 0.2) is 47.9 Å². The van der Waals surface area contributed by atoms with Gasteiger partial charge in [-0.3, -0.25) is 15.0 Å². The van der Waals surface area contributed by atoms with Crippen LogP contribution in [0.5, 0.6) is 0 Å². The molecule has 3 heterocycles. The molecule has 0 N–H and O–H groups in total. The molecule has 0 bridgehead atoms. The third-order valence-corrected chi connectivity index (χ3v) is 5.78. The fraction of sp³-hybridized carbons (Fsp3) is 0.435. The topological polar surface area (TPSA) is 41.4 Å². The molecule has 0 spiro atoms. The van der Waals surface area contributed by atoms with Crippen LogP contribution in [0.1, 0.15) is 51.1 Å². The third kappa shape index (κ3) is 3.98. The molecule has 0 aromatic carbocycles. The highest BCUT2D eigenvalue weighted by Crippen LogP contribution is 2.46. The number of hydrogen-bond acceptors (Lipinski definition) is 4. The molecule has 2 aromatic heterocycles. The predicted octanol–water partition coefficient (Wildman–Crippen LogP) is 5.96. The fourth-order valence-corrected chi connectivity index (χ4v) is 4.26. The maximum Gasteiger partial charge on any atom is 0.248 e. The first kappa shape index (κ1) is 20.6. The molecule has 4 nitrogen and oxygen atoms in total. The zero-order chi connectivity index (χ0) is 21.3. The number of hydrogen-bond donors (Lipinski definition) is 0. The van der Waals surface area contributed by atoms with Crippen molar-refractivity contribution in [2.45, 2.75) is 57.5 Å². The van der Waals surface area contributed by atoms with Crippen molar-refractivity contribution < 1.29 is 13.2 Å². The molecule has 1 atom stereocenters. The molecule has 0 amide bonds. The van der Waals surface area contributed by atoms with Crippen molar-refractivity contribution in [3.63, 3.8) is 0 Å². The summed E-state index contributed by atoms with van der Waals surface area (Å²) in [4.78, 5) is 15.5. The summed E-state index contributed by atoms with van der Waals surface area (Å²) in [6.07, 6.45) is 8.80. The lowest BCUT2D eigenvalue weighted by molar-refractivity contribution is -0.0384. The molecular weight excluding hydrogens is 389 g/mol. The monoisotopic (exact) mass is 414 g/mol. The lowest BCUT2D eigenvalue weighted by Gasteiger charge is -2.37. The van der Waals surface area contributed by atoms with Crippen molar-refractivity contribution in [1.29, 1.82) is 0 Å². The molecule has 1 unspecified atom stereocenters. The first-order valence-electron chi connectivity index (χ1n) is 10.3. The summed E-state index contributed by atoms with van der Waals surface area (Å²) >= 11 is 0. The predicted molar refractivity (Wildman–Crippen MR) is 112 cm³/mol. The molecule has 1 aliphatic heterocycles. The van der Waals surface area contributed by atoms with E-state index in [2.05, 4.69) is 28.8 Å². The number of nitrogens with zero attached hydrogens (tertiary/aromatic N) is 4. The number of aliphatic imine (C=N–C) groups is 1. The van der Waals surface area contributed by atoms with Crippen LogP contribution in [0.25, 0.3) is 11.3 Å². The van der Waals surface area contributed by atoms with Gasteiger partial charge in [-0.15, -0.1) is 0 Å². The first-order chi connectivity index (χ1) is 14.4. The second kappa shape index (κ2) is 8.20. The number of anilines is 1. The van der Waals surface area contributed by atoms with Gasteiger partial charge in [-0.05, 0) is 43.0 Å². The van der Waals surface area contributed by atoms with Gasteiger partial charge in [0, 0.05) is 49.1 Å². The first-order valence-corrected chi connectivity index (χ1v) is 10.3. The molecule has 158 valence electrons. The third-order valence-electron chi connectivity index (χ3n) is 5.78. The van der Waals surface area contributed by atoms with Crippen LogP contribution in [0.2, 0.25) is 0 Å². The number of halogens is 3. The van der Waals surface area contributed by atoms with E-state index in [4.69, 9.17) is 0 Å². The molecule has 1 fully saturated rings. The van der Waals surface area contributed by atoms with Crippen LogP contribution in [0, 0.1) is 11.7 Å². The van der Waals surface area contributed by atoms with Crippen molar-refractivity contribution in [2.75, 3.05) is 4.90 Å². The van der Waals surface area contributed by atoms with Crippen LogP contribution < -0.4 is 4.90 Å². The molecule has 1 aliphatic carbocycles. The molecule has 1 saturated carbocycles. The second-order valence-corrected chi connectivity index (χ2v) is 8.26. The van der Waals surface area contributed by atoms with Crippen molar-refractivity contribution in [2.24, 2.45) is 10.9 Å². The minimum absolute atomic E-state index is 0.126. The normalized spacial score (nSPS) is 21.4. The Morgan fingerprint density at radius 3 is 2.57 bits per heavy atom. The Balaban J connectivity index is 1.87. The number of rotatable bonds is 4. The van der Waals surface area contributed by atoms with E-state index in [1.807, 2.05) is 17.2 Å². The van der Waals surface area contributed by atoms with E-state index in [1.165, 1.54) is 6.07 Å². The molecule has 2 aromatic rings. The van der Waals surface area contributed by atoms with E-state index in [9.17, 15) is 13.2 Å². The summed E-state index contributed by atoms with van der Waals surface area (Å²) in [6.45, 7) is 4.12. The minimum atomic E-state index is -2.63. The van der Waals surface area contributed by atoms with E-state index in [-0.39, 0.29) is 36.5 Å². The largest absolute Gasteiger partial charge is 0.323 e. The zero-order valence-corrected chi connectivity index (χ0v) is 17.1. The van der Waals surface area contributed by atoms with Gasteiger partial charge < -0.3 is 4.90 Å². The Kier molecular flexibility index (Phi) is 5.62. The summed E-state index contributed by atoms with van der Waals surface area (Å²) < 4.78 is 42.3. The SMILES string of the molecule is CC(C)C1N=CC=CN1c1c(-c2ncccc2F)ccnc1C1CCC(F)(F)CC1. The van der Waals surface area contributed by atoms with Gasteiger partial charge in [-0.25, -0.2) is 13.2 Å². The summed E-state index contributed by atoms with van der Waals surface area (Å²) in [7, 11) is 0. The average Bonchev–Trinajstić information content (AvgIpc) is 2.73. The standard InChI is InChI=1S/C23H25F3N4/c1-15(2)22-29-12-4-14-30(22)21-17(20-18(24)5-3-11-27-20)8-13-28-19(21)16-6-9-23(25,26)10-7-16/h3-5,8,11-16,22H,6-7,9-10H2,1-2H3. The van der Waals surface area contributed by atoms with Crippen LogP contribution in [-0.4, -0.2) is 28.3 Å². The second-order valence-electron chi connectivity index (χ2n) is 8.26. The Bertz CT molecular complexity index is 961. The van der Waals surface area contributed by atoms with E-state index >= 15 is 0 Å².